The average Bonchev–Trinajstić information content (AvgIpc) is 2.28. The third-order valence-corrected chi connectivity index (χ3v) is 2.69. The molecule has 0 amide bonds. The monoisotopic (exact) mass is 218 g/mol. The number of rotatable bonds is 4. The molecule has 1 heterocycles. The molecule has 1 aromatic heterocycles. The van der Waals surface area contributed by atoms with Gasteiger partial charge < -0.3 is 10.6 Å². The molecule has 0 radical (unpaired) electrons. The van der Waals surface area contributed by atoms with Crippen molar-refractivity contribution >= 4 is 5.69 Å². The Morgan fingerprint density at radius 3 is 2.62 bits per heavy atom. The zero-order valence-corrected chi connectivity index (χ0v) is 10.0. The lowest BCUT2D eigenvalue weighted by Gasteiger charge is -2.25. The molecule has 0 fully saturated rings. The van der Waals surface area contributed by atoms with Crippen LogP contribution in [0.3, 0.4) is 0 Å². The first-order valence-electron chi connectivity index (χ1n) is 5.37. The Kier molecular flexibility index (Phi) is 4.27. The molecule has 4 heteroatoms. The van der Waals surface area contributed by atoms with E-state index >= 15 is 0 Å². The normalized spacial score (nSPS) is 13.9. The second kappa shape index (κ2) is 5.47. The summed E-state index contributed by atoms with van der Waals surface area (Å²) in [7, 11) is 1.96. The summed E-state index contributed by atoms with van der Waals surface area (Å²) in [5.74, 6) is 0. The molecule has 2 N–H and O–H groups in total. The average molecular weight is 218 g/mol. The predicted octanol–water partition coefficient (Wildman–Crippen LogP) is 1.84. The molecule has 0 bridgehead atoms. The molecule has 1 unspecified atom stereocenters. The van der Waals surface area contributed by atoms with Crippen LogP contribution in [0, 0.1) is 11.3 Å². The zero-order valence-electron chi connectivity index (χ0n) is 10.0. The fourth-order valence-electron chi connectivity index (χ4n) is 1.40. The van der Waals surface area contributed by atoms with E-state index in [1.54, 1.807) is 6.20 Å². The third-order valence-electron chi connectivity index (χ3n) is 2.69. The molecule has 4 nitrogen and oxygen atoms in total. The minimum absolute atomic E-state index is 0.0455. The molecule has 0 aliphatic rings. The molecule has 0 aromatic carbocycles. The fourth-order valence-corrected chi connectivity index (χ4v) is 1.40. The zero-order chi connectivity index (χ0) is 12.1. The highest BCUT2D eigenvalue weighted by atomic mass is 15.1. The van der Waals surface area contributed by atoms with Crippen molar-refractivity contribution in [2.24, 2.45) is 5.73 Å². The van der Waals surface area contributed by atoms with Crippen molar-refractivity contribution < 1.29 is 0 Å². The van der Waals surface area contributed by atoms with Crippen LogP contribution < -0.4 is 10.6 Å². The number of nitrogens with zero attached hydrogens (tertiary/aromatic N) is 3. The molecule has 1 aromatic rings. The summed E-state index contributed by atoms with van der Waals surface area (Å²) in [5, 5.41) is 8.64. The first-order chi connectivity index (χ1) is 7.56. The van der Waals surface area contributed by atoms with Gasteiger partial charge in [-0.25, -0.2) is 0 Å². The van der Waals surface area contributed by atoms with Crippen LogP contribution in [-0.4, -0.2) is 18.1 Å². The maximum absolute atomic E-state index is 8.64. The SMILES string of the molecule is CC(CC#N)N(C)c1ccc([C@@H](C)N)nc1. The number of hydrogen-bond donors (Lipinski definition) is 1. The van der Waals surface area contributed by atoms with Gasteiger partial charge in [0, 0.05) is 19.1 Å². The van der Waals surface area contributed by atoms with E-state index in [0.29, 0.717) is 6.42 Å². The Hall–Kier alpha value is -1.60. The molecule has 0 spiro atoms. The van der Waals surface area contributed by atoms with Gasteiger partial charge in [0.05, 0.1) is 30.1 Å². The van der Waals surface area contributed by atoms with Crippen molar-refractivity contribution in [2.75, 3.05) is 11.9 Å². The number of aromatic nitrogens is 1. The first kappa shape index (κ1) is 12.5. The van der Waals surface area contributed by atoms with Gasteiger partial charge in [0.1, 0.15) is 0 Å². The number of pyridine rings is 1. The summed E-state index contributed by atoms with van der Waals surface area (Å²) in [6.07, 6.45) is 2.30. The van der Waals surface area contributed by atoms with Crippen LogP contribution in [0.2, 0.25) is 0 Å². The summed E-state index contributed by atoms with van der Waals surface area (Å²) in [5.41, 5.74) is 7.61. The second-order valence-corrected chi connectivity index (χ2v) is 4.05. The van der Waals surface area contributed by atoms with Crippen LogP contribution in [0.4, 0.5) is 5.69 Å². The Bertz CT molecular complexity index is 364. The lowest BCUT2D eigenvalue weighted by atomic mass is 10.2. The number of anilines is 1. The standard InChI is InChI=1S/C12H18N4/c1-9(6-7-13)16(3)11-4-5-12(10(2)14)15-8-11/h4-5,8-10H,6,14H2,1-3H3/t9?,10-/m1/s1. The molecule has 2 atom stereocenters. The molecule has 1 rings (SSSR count). The molecular weight excluding hydrogens is 200 g/mol. The fraction of sp³-hybridized carbons (Fsp3) is 0.500. The highest BCUT2D eigenvalue weighted by Crippen LogP contribution is 2.17. The van der Waals surface area contributed by atoms with Crippen molar-refractivity contribution in [3.05, 3.63) is 24.0 Å². The number of hydrogen-bond acceptors (Lipinski definition) is 4. The molecule has 0 saturated carbocycles. The Morgan fingerprint density at radius 2 is 2.19 bits per heavy atom. The van der Waals surface area contributed by atoms with Crippen LogP contribution in [0.1, 0.15) is 32.0 Å². The summed E-state index contributed by atoms with van der Waals surface area (Å²) < 4.78 is 0. The van der Waals surface area contributed by atoms with Gasteiger partial charge in [-0.3, -0.25) is 4.98 Å². The van der Waals surface area contributed by atoms with Gasteiger partial charge in [-0.2, -0.15) is 5.26 Å². The summed E-state index contributed by atoms with van der Waals surface area (Å²) in [4.78, 5) is 6.34. The van der Waals surface area contributed by atoms with Gasteiger partial charge in [0.15, 0.2) is 0 Å². The minimum atomic E-state index is -0.0455. The third kappa shape index (κ3) is 2.94. The van der Waals surface area contributed by atoms with Gasteiger partial charge in [-0.1, -0.05) is 0 Å². The van der Waals surface area contributed by atoms with Crippen molar-refractivity contribution in [2.45, 2.75) is 32.4 Å². The van der Waals surface area contributed by atoms with Crippen LogP contribution in [0.15, 0.2) is 18.3 Å². The van der Waals surface area contributed by atoms with Gasteiger partial charge >= 0.3 is 0 Å². The highest BCUT2D eigenvalue weighted by Gasteiger charge is 2.10. The predicted molar refractivity (Wildman–Crippen MR) is 64.9 cm³/mol. The van der Waals surface area contributed by atoms with Crippen molar-refractivity contribution in [3.8, 4) is 6.07 Å². The van der Waals surface area contributed by atoms with Gasteiger partial charge in [0.25, 0.3) is 0 Å². The van der Waals surface area contributed by atoms with E-state index in [2.05, 4.69) is 11.1 Å². The topological polar surface area (TPSA) is 65.9 Å². The van der Waals surface area contributed by atoms with Gasteiger partial charge in [0.2, 0.25) is 0 Å². The maximum Gasteiger partial charge on any atom is 0.0643 e. The van der Waals surface area contributed by atoms with E-state index in [4.69, 9.17) is 11.0 Å². The molecule has 0 aliphatic carbocycles. The van der Waals surface area contributed by atoms with Crippen LogP contribution in [-0.2, 0) is 0 Å². The summed E-state index contributed by atoms with van der Waals surface area (Å²) in [6, 6.07) is 6.22. The van der Waals surface area contributed by atoms with Crippen LogP contribution in [0.5, 0.6) is 0 Å². The maximum atomic E-state index is 8.64. The molecule has 16 heavy (non-hydrogen) atoms. The molecule has 0 saturated heterocycles. The van der Waals surface area contributed by atoms with E-state index in [9.17, 15) is 0 Å². The Balaban J connectivity index is 2.78. The summed E-state index contributed by atoms with van der Waals surface area (Å²) >= 11 is 0. The van der Waals surface area contributed by atoms with E-state index in [-0.39, 0.29) is 12.1 Å². The van der Waals surface area contributed by atoms with Crippen molar-refractivity contribution in [3.63, 3.8) is 0 Å². The lowest BCUT2D eigenvalue weighted by Crippen LogP contribution is -2.28. The lowest BCUT2D eigenvalue weighted by molar-refractivity contribution is 0.699. The quantitative estimate of drug-likeness (QED) is 0.837. The smallest absolute Gasteiger partial charge is 0.0643 e. The van der Waals surface area contributed by atoms with E-state index < -0.39 is 0 Å². The molecule has 86 valence electrons. The largest absolute Gasteiger partial charge is 0.370 e. The first-order valence-corrected chi connectivity index (χ1v) is 5.37. The number of nitriles is 1. The Morgan fingerprint density at radius 1 is 1.50 bits per heavy atom. The van der Waals surface area contributed by atoms with E-state index in [0.717, 1.165) is 11.4 Å². The minimum Gasteiger partial charge on any atom is -0.370 e. The summed E-state index contributed by atoms with van der Waals surface area (Å²) in [6.45, 7) is 3.92. The van der Waals surface area contributed by atoms with Crippen LogP contribution in [0.25, 0.3) is 0 Å². The van der Waals surface area contributed by atoms with E-state index in [1.165, 1.54) is 0 Å². The van der Waals surface area contributed by atoms with Gasteiger partial charge in [-0.05, 0) is 26.0 Å². The second-order valence-electron chi connectivity index (χ2n) is 4.05. The molecular formula is C12H18N4. The molecule has 0 aliphatic heterocycles. The van der Waals surface area contributed by atoms with Crippen molar-refractivity contribution in [1.82, 2.24) is 4.98 Å². The van der Waals surface area contributed by atoms with Gasteiger partial charge in [-0.15, -0.1) is 0 Å². The highest BCUT2D eigenvalue weighted by molar-refractivity contribution is 5.45. The Labute approximate surface area is 96.7 Å². The van der Waals surface area contributed by atoms with E-state index in [1.807, 2.05) is 37.9 Å². The van der Waals surface area contributed by atoms with Crippen LogP contribution >= 0.6 is 0 Å². The number of nitrogens with two attached hydrogens (primary N) is 1. The van der Waals surface area contributed by atoms with Crippen molar-refractivity contribution in [1.29, 1.82) is 5.26 Å².